The van der Waals surface area contributed by atoms with Gasteiger partial charge in [0.1, 0.15) is 18.0 Å². The van der Waals surface area contributed by atoms with Gasteiger partial charge in [-0.25, -0.2) is 0 Å². The number of carbonyl (C=O) groups is 1. The molecule has 104 valence electrons. The summed E-state index contributed by atoms with van der Waals surface area (Å²) in [5.74, 6) is -0.174. The third-order valence-corrected chi connectivity index (χ3v) is 3.65. The van der Waals surface area contributed by atoms with E-state index in [1.165, 1.54) is 4.68 Å². The highest BCUT2D eigenvalue weighted by atomic mass is 16.6. The van der Waals surface area contributed by atoms with E-state index in [9.17, 15) is 14.9 Å². The van der Waals surface area contributed by atoms with Gasteiger partial charge in [0, 0.05) is 13.5 Å². The van der Waals surface area contributed by atoms with Crippen LogP contribution in [0.3, 0.4) is 0 Å². The van der Waals surface area contributed by atoms with Gasteiger partial charge >= 0.3 is 5.69 Å². The number of nitrogens with zero attached hydrogens (tertiary/aromatic N) is 3. The molecule has 2 N–H and O–H groups in total. The topological polar surface area (TPSA) is 113 Å². The van der Waals surface area contributed by atoms with E-state index in [1.54, 1.807) is 20.9 Å². The maximum atomic E-state index is 12.0. The Morgan fingerprint density at radius 2 is 2.32 bits per heavy atom. The Kier molecular flexibility index (Phi) is 3.15. The van der Waals surface area contributed by atoms with Crippen molar-refractivity contribution in [2.45, 2.75) is 38.0 Å². The maximum absolute atomic E-state index is 12.0. The van der Waals surface area contributed by atoms with Crippen LogP contribution in [0, 0.1) is 10.1 Å². The van der Waals surface area contributed by atoms with Crippen LogP contribution in [-0.4, -0.2) is 32.1 Å². The lowest BCUT2D eigenvalue weighted by atomic mass is 9.85. The summed E-state index contributed by atoms with van der Waals surface area (Å²) in [6.45, 7) is 3.29. The van der Waals surface area contributed by atoms with Crippen LogP contribution in [0.1, 0.15) is 32.1 Å². The van der Waals surface area contributed by atoms with Crippen molar-refractivity contribution in [1.29, 1.82) is 0 Å². The van der Waals surface area contributed by atoms with Crippen molar-refractivity contribution in [1.82, 2.24) is 9.78 Å². The minimum Gasteiger partial charge on any atom is -0.366 e. The van der Waals surface area contributed by atoms with Crippen molar-refractivity contribution in [2.24, 2.45) is 12.8 Å². The van der Waals surface area contributed by atoms with Gasteiger partial charge in [0.05, 0.1) is 16.6 Å². The van der Waals surface area contributed by atoms with Crippen LogP contribution in [0.5, 0.6) is 0 Å². The van der Waals surface area contributed by atoms with Crippen LogP contribution in [0.4, 0.5) is 5.69 Å². The molecule has 1 saturated heterocycles. The van der Waals surface area contributed by atoms with E-state index in [0.717, 1.165) is 6.20 Å². The molecule has 0 saturated carbocycles. The molecular formula is C11H16N4O4. The average molecular weight is 268 g/mol. The first-order chi connectivity index (χ1) is 8.75. The molecule has 1 fully saturated rings. The second kappa shape index (κ2) is 4.39. The molecule has 0 aromatic carbocycles. The number of nitrogens with two attached hydrogens (primary N) is 1. The molecule has 3 atom stereocenters. The Labute approximate surface area is 109 Å². The molecule has 19 heavy (non-hydrogen) atoms. The summed E-state index contributed by atoms with van der Waals surface area (Å²) in [5, 5.41) is 14.8. The highest BCUT2D eigenvalue weighted by Crippen LogP contribution is 2.36. The van der Waals surface area contributed by atoms with Gasteiger partial charge in [-0.2, -0.15) is 5.10 Å². The summed E-state index contributed by atoms with van der Waals surface area (Å²) in [5.41, 5.74) is 4.97. The van der Waals surface area contributed by atoms with Gasteiger partial charge in [-0.15, -0.1) is 0 Å². The Morgan fingerprint density at radius 1 is 1.68 bits per heavy atom. The molecule has 0 unspecified atom stereocenters. The van der Waals surface area contributed by atoms with Crippen molar-refractivity contribution in [2.75, 3.05) is 0 Å². The van der Waals surface area contributed by atoms with Gasteiger partial charge in [0.2, 0.25) is 0 Å². The fourth-order valence-corrected chi connectivity index (χ4v) is 2.16. The van der Waals surface area contributed by atoms with Crippen molar-refractivity contribution < 1.29 is 14.5 Å². The summed E-state index contributed by atoms with van der Waals surface area (Å²) in [6.07, 6.45) is -0.0396. The van der Waals surface area contributed by atoms with Crippen molar-refractivity contribution in [3.63, 3.8) is 0 Å². The fourth-order valence-electron chi connectivity index (χ4n) is 2.16. The molecule has 0 aliphatic carbocycles. The van der Waals surface area contributed by atoms with Crippen LogP contribution in [0.15, 0.2) is 6.20 Å². The van der Waals surface area contributed by atoms with Gasteiger partial charge in [0.25, 0.3) is 0 Å². The Hall–Kier alpha value is -1.80. The molecule has 1 aliphatic rings. The van der Waals surface area contributed by atoms with E-state index in [1.807, 2.05) is 0 Å². The summed E-state index contributed by atoms with van der Waals surface area (Å²) in [7, 11) is 1.58. The lowest BCUT2D eigenvalue weighted by molar-refractivity contribution is -0.386. The van der Waals surface area contributed by atoms with Crippen LogP contribution in [0.25, 0.3) is 0 Å². The largest absolute Gasteiger partial charge is 0.366 e. The molecule has 0 amide bonds. The summed E-state index contributed by atoms with van der Waals surface area (Å²) in [6, 6.07) is 0. The lowest BCUT2D eigenvalue weighted by Crippen LogP contribution is -2.58. The molecular weight excluding hydrogens is 252 g/mol. The number of ether oxygens (including phenoxy) is 1. The summed E-state index contributed by atoms with van der Waals surface area (Å²) < 4.78 is 7.04. The third kappa shape index (κ3) is 2.13. The predicted molar refractivity (Wildman–Crippen MR) is 65.4 cm³/mol. The molecule has 1 aromatic rings. The first-order valence-electron chi connectivity index (χ1n) is 5.89. The number of aromatic nitrogens is 2. The van der Waals surface area contributed by atoms with Crippen molar-refractivity contribution >= 4 is 11.5 Å². The van der Waals surface area contributed by atoms with Gasteiger partial charge in [-0.1, -0.05) is 0 Å². The second-order valence-corrected chi connectivity index (χ2v) is 4.97. The quantitative estimate of drug-likeness (QED) is 0.616. The zero-order chi connectivity index (χ0) is 14.4. The number of hydrogen-bond acceptors (Lipinski definition) is 6. The molecule has 0 radical (unpaired) electrons. The molecule has 1 aromatic heterocycles. The maximum Gasteiger partial charge on any atom is 0.312 e. The Bertz CT molecular complexity index is 537. The molecule has 2 rings (SSSR count). The number of Topliss-reactive ketones (excluding diaryl/α,β-unsaturated/α-hetero) is 1. The lowest BCUT2D eigenvalue weighted by Gasteiger charge is -2.38. The van der Waals surface area contributed by atoms with E-state index >= 15 is 0 Å². The first kappa shape index (κ1) is 13.6. The number of aryl methyl sites for hydroxylation is 1. The standard InChI is InChI=1S/C11H16N4O4/c1-6-11(2,12)9(16)4-8(19-6)10-7(15(17)18)5-13-14(10)3/h5-6,8H,4,12H2,1-3H3/t6-,8-,11+/m1/s1. The van der Waals surface area contributed by atoms with Crippen molar-refractivity contribution in [3.8, 4) is 0 Å². The SMILES string of the molecule is C[C@H]1O[C@@H](c2c([N+](=O)[O-])cnn2C)CC(=O)[C@@]1(C)N. The fraction of sp³-hybridized carbons (Fsp3) is 0.636. The third-order valence-electron chi connectivity index (χ3n) is 3.65. The van der Waals surface area contributed by atoms with Gasteiger partial charge < -0.3 is 10.5 Å². The molecule has 0 spiro atoms. The van der Waals surface area contributed by atoms with E-state index in [0.29, 0.717) is 5.69 Å². The van der Waals surface area contributed by atoms with Crippen molar-refractivity contribution in [3.05, 3.63) is 22.0 Å². The van der Waals surface area contributed by atoms with Crippen LogP contribution >= 0.6 is 0 Å². The number of rotatable bonds is 2. The minimum atomic E-state index is -1.07. The summed E-state index contributed by atoms with van der Waals surface area (Å²) in [4.78, 5) is 22.4. The van der Waals surface area contributed by atoms with Gasteiger partial charge in [-0.05, 0) is 13.8 Å². The normalized spacial score (nSPS) is 31.5. The Balaban J connectivity index is 2.37. The van der Waals surface area contributed by atoms with Gasteiger partial charge in [0.15, 0.2) is 5.78 Å². The molecule has 8 nitrogen and oxygen atoms in total. The second-order valence-electron chi connectivity index (χ2n) is 4.97. The molecule has 0 bridgehead atoms. The van der Waals surface area contributed by atoms with Crippen LogP contribution < -0.4 is 5.73 Å². The first-order valence-corrected chi connectivity index (χ1v) is 5.89. The van der Waals surface area contributed by atoms with E-state index in [-0.39, 0.29) is 17.9 Å². The van der Waals surface area contributed by atoms with Crippen LogP contribution in [-0.2, 0) is 16.6 Å². The van der Waals surface area contributed by atoms with E-state index in [4.69, 9.17) is 10.5 Å². The molecule has 1 aliphatic heterocycles. The molecule has 8 heteroatoms. The van der Waals surface area contributed by atoms with E-state index in [2.05, 4.69) is 5.10 Å². The minimum absolute atomic E-state index is 0.0116. The number of hydrogen-bond donors (Lipinski definition) is 1. The number of ketones is 1. The van der Waals surface area contributed by atoms with Gasteiger partial charge in [-0.3, -0.25) is 19.6 Å². The Morgan fingerprint density at radius 3 is 2.84 bits per heavy atom. The predicted octanol–water partition coefficient (Wildman–Crippen LogP) is 0.465. The highest BCUT2D eigenvalue weighted by Gasteiger charge is 2.45. The number of nitro groups is 1. The monoisotopic (exact) mass is 268 g/mol. The smallest absolute Gasteiger partial charge is 0.312 e. The van der Waals surface area contributed by atoms with E-state index < -0.39 is 22.7 Å². The highest BCUT2D eigenvalue weighted by molar-refractivity contribution is 5.89. The zero-order valence-corrected chi connectivity index (χ0v) is 11.0. The van der Waals surface area contributed by atoms with Crippen LogP contribution in [0.2, 0.25) is 0 Å². The summed E-state index contributed by atoms with van der Waals surface area (Å²) >= 11 is 0. The average Bonchev–Trinajstić information content (AvgIpc) is 2.68. The zero-order valence-electron chi connectivity index (χ0n) is 11.0. The number of carbonyl (C=O) groups excluding carboxylic acids is 1. The molecule has 2 heterocycles.